The van der Waals surface area contributed by atoms with Crippen LogP contribution in [0.5, 0.6) is 11.5 Å². The van der Waals surface area contributed by atoms with Gasteiger partial charge in [-0.3, -0.25) is 0 Å². The van der Waals surface area contributed by atoms with Crippen molar-refractivity contribution in [3.8, 4) is 11.5 Å². The molecule has 6 nitrogen and oxygen atoms in total. The summed E-state index contributed by atoms with van der Waals surface area (Å²) in [6.07, 6.45) is 8.60. The van der Waals surface area contributed by atoms with Gasteiger partial charge >= 0.3 is 5.97 Å². The fourth-order valence-electron chi connectivity index (χ4n) is 8.24. The third-order valence-corrected chi connectivity index (χ3v) is 12.9. The number of benzene rings is 5. The Bertz CT molecular complexity index is 2220. The number of anilines is 2. The molecule has 5 aromatic rings. The van der Waals surface area contributed by atoms with Gasteiger partial charge in [0.25, 0.3) is 0 Å². The molecule has 0 aromatic heterocycles. The van der Waals surface area contributed by atoms with Gasteiger partial charge in [0, 0.05) is 43.1 Å². The smallest absolute Gasteiger partial charge is 0.341 e. The van der Waals surface area contributed by atoms with Crippen LogP contribution in [0.1, 0.15) is 77.7 Å². The number of hydrogen-bond acceptors (Lipinski definition) is 6. The Morgan fingerprint density at radius 2 is 0.931 bits per heavy atom. The van der Waals surface area contributed by atoms with Crippen LogP contribution in [0, 0.1) is 0 Å². The monoisotopic (exact) mass is 852 g/mol. The van der Waals surface area contributed by atoms with E-state index in [2.05, 4.69) is 58.3 Å². The standard InChI is InChI=1S/C48H44Cl4N2O4/c1-3-56-37-21-13-33(14-22-37)39(31-9-17-35(18-10-31)53-25-5-6-26-53)29-48(42-41(47(55)58-48)43(49)45(51)46(52)44(42)50)30-40(34-15-23-38(24-16-34)57-4-2)32-11-19-36(20-12-32)54-27-7-8-28-54/h9-24,29-30H,3-8,25-28H2,1-2H3/b39-29-,40-30-. The number of hydrogen-bond donors (Lipinski definition) is 0. The Hall–Kier alpha value is -4.59. The van der Waals surface area contributed by atoms with Gasteiger partial charge < -0.3 is 24.0 Å². The lowest BCUT2D eigenvalue weighted by molar-refractivity contribution is 0.0300. The van der Waals surface area contributed by atoms with Crippen molar-refractivity contribution in [1.82, 2.24) is 0 Å². The zero-order valence-electron chi connectivity index (χ0n) is 32.5. The summed E-state index contributed by atoms with van der Waals surface area (Å²) in [4.78, 5) is 19.1. The number of carbonyl (C=O) groups excluding carboxylic acids is 1. The van der Waals surface area contributed by atoms with E-state index in [1.807, 2.05) is 74.5 Å². The first kappa shape index (κ1) is 40.2. The molecule has 10 heteroatoms. The summed E-state index contributed by atoms with van der Waals surface area (Å²) < 4.78 is 18.3. The molecule has 3 aliphatic heterocycles. The zero-order valence-corrected chi connectivity index (χ0v) is 35.5. The van der Waals surface area contributed by atoms with Crippen molar-refractivity contribution in [2.75, 3.05) is 49.2 Å². The summed E-state index contributed by atoms with van der Waals surface area (Å²) >= 11 is 27.5. The largest absolute Gasteiger partial charge is 0.494 e. The maximum atomic E-state index is 14.3. The Morgan fingerprint density at radius 3 is 1.31 bits per heavy atom. The van der Waals surface area contributed by atoms with E-state index in [-0.39, 0.29) is 25.7 Å². The zero-order chi connectivity index (χ0) is 40.4. The number of nitrogens with zero attached hydrogens (tertiary/aromatic N) is 2. The summed E-state index contributed by atoms with van der Waals surface area (Å²) in [5, 5.41) is 0.0816. The van der Waals surface area contributed by atoms with Crippen LogP contribution in [-0.4, -0.2) is 45.4 Å². The Morgan fingerprint density at radius 1 is 0.569 bits per heavy atom. The van der Waals surface area contributed by atoms with Crippen molar-refractivity contribution >= 4 is 74.9 Å². The molecule has 0 spiro atoms. The van der Waals surface area contributed by atoms with E-state index in [1.54, 1.807) is 0 Å². The molecule has 3 heterocycles. The number of esters is 1. The van der Waals surface area contributed by atoms with Crippen molar-refractivity contribution in [1.29, 1.82) is 0 Å². The minimum Gasteiger partial charge on any atom is -0.494 e. The third kappa shape index (κ3) is 7.92. The summed E-state index contributed by atoms with van der Waals surface area (Å²) in [6, 6.07) is 32.8. The van der Waals surface area contributed by atoms with Gasteiger partial charge in [0.2, 0.25) is 0 Å². The minimum absolute atomic E-state index is 0.0127. The highest BCUT2D eigenvalue weighted by atomic mass is 35.5. The number of carbonyl (C=O) groups is 1. The maximum Gasteiger partial charge on any atom is 0.341 e. The number of rotatable bonds is 12. The number of fused-ring (bicyclic) bond motifs is 1. The third-order valence-electron chi connectivity index (χ3n) is 11.1. The molecule has 0 radical (unpaired) electrons. The highest BCUT2D eigenvalue weighted by Crippen LogP contribution is 2.53. The molecule has 0 saturated carbocycles. The van der Waals surface area contributed by atoms with Crippen LogP contribution in [0.15, 0.2) is 109 Å². The summed E-state index contributed by atoms with van der Waals surface area (Å²) in [7, 11) is 0. The van der Waals surface area contributed by atoms with Crippen molar-refractivity contribution < 1.29 is 19.0 Å². The second-order valence-corrected chi connectivity index (χ2v) is 16.2. The van der Waals surface area contributed by atoms with Crippen LogP contribution in [0.3, 0.4) is 0 Å². The van der Waals surface area contributed by atoms with Crippen molar-refractivity contribution in [3.05, 3.63) is 163 Å². The molecule has 298 valence electrons. The Balaban J connectivity index is 1.40. The van der Waals surface area contributed by atoms with Gasteiger partial charge in [-0.05, 0) is 134 Å². The predicted octanol–water partition coefficient (Wildman–Crippen LogP) is 12.9. The van der Waals surface area contributed by atoms with Crippen LogP contribution in [-0.2, 0) is 10.3 Å². The fraction of sp³-hybridized carbons (Fsp3) is 0.271. The highest BCUT2D eigenvalue weighted by molar-refractivity contribution is 6.53. The fourth-order valence-corrected chi connectivity index (χ4v) is 9.31. The normalized spacial score (nSPS) is 16.5. The molecule has 2 fully saturated rings. The molecule has 0 N–H and O–H groups in total. The molecular formula is C48H44Cl4N2O4. The van der Waals surface area contributed by atoms with Gasteiger partial charge in [-0.25, -0.2) is 4.79 Å². The van der Waals surface area contributed by atoms with E-state index in [1.165, 1.54) is 25.7 Å². The number of halogens is 4. The molecule has 0 unspecified atom stereocenters. The quantitative estimate of drug-likeness (QED) is 0.0708. The lowest BCUT2D eigenvalue weighted by Crippen LogP contribution is -2.23. The SMILES string of the molecule is CCOc1ccc(/C(=C\C2(/C=C(\c3ccc(OCC)cc3)c3ccc(N4CCCC4)cc3)OC(=O)c3c(Cl)c(Cl)c(Cl)c(Cl)c32)c2ccc(N3CCCC3)cc2)cc1. The first-order valence-electron chi connectivity index (χ1n) is 19.9. The lowest BCUT2D eigenvalue weighted by Gasteiger charge is -2.28. The summed E-state index contributed by atoms with van der Waals surface area (Å²) in [6.45, 7) is 9.09. The van der Waals surface area contributed by atoms with E-state index in [0.29, 0.717) is 18.8 Å². The van der Waals surface area contributed by atoms with Gasteiger partial charge in [0.1, 0.15) is 11.5 Å². The molecule has 0 bridgehead atoms. The topological polar surface area (TPSA) is 51.2 Å². The molecule has 0 amide bonds. The van der Waals surface area contributed by atoms with Crippen LogP contribution in [0.4, 0.5) is 11.4 Å². The molecule has 2 saturated heterocycles. The van der Waals surface area contributed by atoms with Crippen LogP contribution in [0.25, 0.3) is 11.1 Å². The van der Waals surface area contributed by atoms with E-state index in [0.717, 1.165) is 82.5 Å². The first-order chi connectivity index (χ1) is 28.2. The molecule has 3 aliphatic rings. The van der Waals surface area contributed by atoms with Crippen molar-refractivity contribution in [3.63, 3.8) is 0 Å². The number of ether oxygens (including phenoxy) is 3. The molecule has 0 aliphatic carbocycles. The molecule has 5 aromatic carbocycles. The van der Waals surface area contributed by atoms with Crippen molar-refractivity contribution in [2.24, 2.45) is 0 Å². The van der Waals surface area contributed by atoms with Gasteiger partial charge in [0.05, 0.1) is 38.9 Å². The molecule has 8 rings (SSSR count). The highest BCUT2D eigenvalue weighted by Gasteiger charge is 2.48. The lowest BCUT2D eigenvalue weighted by atomic mass is 9.83. The van der Waals surface area contributed by atoms with E-state index < -0.39 is 11.6 Å². The molecule has 58 heavy (non-hydrogen) atoms. The first-order valence-corrected chi connectivity index (χ1v) is 21.4. The second-order valence-electron chi connectivity index (χ2n) is 14.7. The van der Waals surface area contributed by atoms with Gasteiger partial charge in [-0.2, -0.15) is 0 Å². The van der Waals surface area contributed by atoms with Crippen LogP contribution < -0.4 is 19.3 Å². The van der Waals surface area contributed by atoms with Crippen molar-refractivity contribution in [2.45, 2.75) is 45.1 Å². The van der Waals surface area contributed by atoms with E-state index in [4.69, 9.17) is 60.6 Å². The average Bonchev–Trinajstić information content (AvgIpc) is 4.04. The summed E-state index contributed by atoms with van der Waals surface area (Å²) in [5.41, 5.74) is 6.22. The molecular weight excluding hydrogens is 810 g/mol. The summed E-state index contributed by atoms with van der Waals surface area (Å²) in [5.74, 6) is 0.820. The van der Waals surface area contributed by atoms with Crippen LogP contribution >= 0.6 is 46.4 Å². The average molecular weight is 855 g/mol. The second kappa shape index (κ2) is 17.3. The van der Waals surface area contributed by atoms with Gasteiger partial charge in [-0.1, -0.05) is 94.9 Å². The van der Waals surface area contributed by atoms with E-state index >= 15 is 0 Å². The Labute approximate surface area is 360 Å². The van der Waals surface area contributed by atoms with Gasteiger partial charge in [0.15, 0.2) is 5.60 Å². The van der Waals surface area contributed by atoms with E-state index in [9.17, 15) is 4.79 Å². The van der Waals surface area contributed by atoms with Gasteiger partial charge in [-0.15, -0.1) is 0 Å². The molecule has 0 atom stereocenters. The predicted molar refractivity (Wildman–Crippen MR) is 239 cm³/mol. The number of cyclic esters (lactones) is 1. The minimum atomic E-state index is -1.62. The maximum absolute atomic E-state index is 14.3. The Kier molecular flexibility index (Phi) is 12.0. The van der Waals surface area contributed by atoms with Crippen LogP contribution in [0.2, 0.25) is 20.1 Å².